The van der Waals surface area contributed by atoms with E-state index in [0.29, 0.717) is 18.1 Å². The monoisotopic (exact) mass is 219 g/mol. The van der Waals surface area contributed by atoms with Crippen molar-refractivity contribution < 1.29 is 4.74 Å². The van der Waals surface area contributed by atoms with Crippen molar-refractivity contribution in [3.05, 3.63) is 29.8 Å². The highest BCUT2D eigenvalue weighted by Crippen LogP contribution is 2.35. The molecule has 2 heteroatoms. The van der Waals surface area contributed by atoms with E-state index in [9.17, 15) is 0 Å². The Morgan fingerprint density at radius 1 is 1.38 bits per heavy atom. The van der Waals surface area contributed by atoms with Crippen molar-refractivity contribution in [3.63, 3.8) is 0 Å². The molecule has 2 unspecified atom stereocenters. The standard InChI is InChI=1S/C14H21NO/c1-10(2)8-11-9-13(15-3)12-6-4-5-7-14(12)16-11/h4-7,10-11,13,15H,8-9H2,1-3H3. The molecule has 1 aromatic carbocycles. The Kier molecular flexibility index (Phi) is 3.49. The van der Waals surface area contributed by atoms with Gasteiger partial charge in [-0.05, 0) is 25.5 Å². The van der Waals surface area contributed by atoms with Crippen LogP contribution < -0.4 is 10.1 Å². The third-order valence-electron chi connectivity index (χ3n) is 3.17. The van der Waals surface area contributed by atoms with E-state index in [1.807, 2.05) is 13.1 Å². The first-order valence-electron chi connectivity index (χ1n) is 6.13. The van der Waals surface area contributed by atoms with Crippen LogP contribution in [0.25, 0.3) is 0 Å². The van der Waals surface area contributed by atoms with Crippen molar-refractivity contribution in [1.29, 1.82) is 0 Å². The number of nitrogens with one attached hydrogen (secondary N) is 1. The fraction of sp³-hybridized carbons (Fsp3) is 0.571. The normalized spacial score (nSPS) is 24.0. The van der Waals surface area contributed by atoms with Gasteiger partial charge in [-0.1, -0.05) is 32.0 Å². The van der Waals surface area contributed by atoms with Gasteiger partial charge in [-0.15, -0.1) is 0 Å². The summed E-state index contributed by atoms with van der Waals surface area (Å²) in [4.78, 5) is 0. The minimum atomic E-state index is 0.354. The van der Waals surface area contributed by atoms with Crippen LogP contribution in [0.2, 0.25) is 0 Å². The molecule has 1 N–H and O–H groups in total. The first-order chi connectivity index (χ1) is 7.70. The molecule has 0 aliphatic carbocycles. The van der Waals surface area contributed by atoms with Gasteiger partial charge in [-0.3, -0.25) is 0 Å². The maximum absolute atomic E-state index is 6.03. The average molecular weight is 219 g/mol. The third-order valence-corrected chi connectivity index (χ3v) is 3.17. The Labute approximate surface area is 98.0 Å². The lowest BCUT2D eigenvalue weighted by atomic mass is 9.92. The van der Waals surface area contributed by atoms with E-state index in [1.165, 1.54) is 5.56 Å². The van der Waals surface area contributed by atoms with E-state index in [4.69, 9.17) is 4.74 Å². The van der Waals surface area contributed by atoms with Gasteiger partial charge in [0.05, 0.1) is 0 Å². The van der Waals surface area contributed by atoms with Gasteiger partial charge < -0.3 is 10.1 Å². The van der Waals surface area contributed by atoms with Gasteiger partial charge in [0, 0.05) is 18.0 Å². The van der Waals surface area contributed by atoms with Crippen molar-refractivity contribution in [3.8, 4) is 5.75 Å². The summed E-state index contributed by atoms with van der Waals surface area (Å²) < 4.78 is 6.03. The van der Waals surface area contributed by atoms with Crippen molar-refractivity contribution in [1.82, 2.24) is 5.32 Å². The Balaban J connectivity index is 2.18. The van der Waals surface area contributed by atoms with Crippen LogP contribution in [-0.4, -0.2) is 13.2 Å². The fourth-order valence-electron chi connectivity index (χ4n) is 2.44. The molecule has 16 heavy (non-hydrogen) atoms. The van der Waals surface area contributed by atoms with Crippen LogP contribution >= 0.6 is 0 Å². The predicted molar refractivity (Wildman–Crippen MR) is 66.7 cm³/mol. The summed E-state index contributed by atoms with van der Waals surface area (Å²) in [5, 5.41) is 3.38. The van der Waals surface area contributed by atoms with Crippen molar-refractivity contribution in [2.45, 2.75) is 38.8 Å². The Bertz CT molecular complexity index is 348. The molecule has 88 valence electrons. The Morgan fingerprint density at radius 3 is 2.81 bits per heavy atom. The lowest BCUT2D eigenvalue weighted by Gasteiger charge is -2.32. The molecule has 0 spiro atoms. The van der Waals surface area contributed by atoms with E-state index in [0.717, 1.165) is 18.6 Å². The number of rotatable bonds is 3. The second-order valence-corrected chi connectivity index (χ2v) is 4.98. The number of hydrogen-bond acceptors (Lipinski definition) is 2. The first-order valence-corrected chi connectivity index (χ1v) is 6.13. The van der Waals surface area contributed by atoms with Gasteiger partial charge in [-0.2, -0.15) is 0 Å². The molecule has 0 saturated heterocycles. The molecule has 0 aromatic heterocycles. The van der Waals surface area contributed by atoms with E-state index < -0.39 is 0 Å². The molecular weight excluding hydrogens is 198 g/mol. The summed E-state index contributed by atoms with van der Waals surface area (Å²) in [7, 11) is 2.03. The molecular formula is C14H21NO. The second kappa shape index (κ2) is 4.88. The molecule has 1 aromatic rings. The lowest BCUT2D eigenvalue weighted by molar-refractivity contribution is 0.130. The van der Waals surface area contributed by atoms with Crippen LogP contribution in [0.15, 0.2) is 24.3 Å². The fourth-order valence-corrected chi connectivity index (χ4v) is 2.44. The highest BCUT2D eigenvalue weighted by atomic mass is 16.5. The van der Waals surface area contributed by atoms with Crippen LogP contribution in [0, 0.1) is 5.92 Å². The van der Waals surface area contributed by atoms with E-state index in [-0.39, 0.29) is 0 Å². The molecule has 0 saturated carbocycles. The second-order valence-electron chi connectivity index (χ2n) is 4.98. The maximum Gasteiger partial charge on any atom is 0.124 e. The third kappa shape index (κ3) is 2.38. The summed E-state index contributed by atoms with van der Waals surface area (Å²) in [6.45, 7) is 4.50. The SMILES string of the molecule is CNC1CC(CC(C)C)Oc2ccccc21. The quantitative estimate of drug-likeness (QED) is 0.843. The number of hydrogen-bond donors (Lipinski definition) is 1. The molecule has 0 radical (unpaired) electrons. The topological polar surface area (TPSA) is 21.3 Å². The molecule has 0 bridgehead atoms. The van der Waals surface area contributed by atoms with Gasteiger partial charge in [0.15, 0.2) is 0 Å². The van der Waals surface area contributed by atoms with Crippen molar-refractivity contribution in [2.24, 2.45) is 5.92 Å². The Hall–Kier alpha value is -1.02. The van der Waals surface area contributed by atoms with Crippen molar-refractivity contribution in [2.75, 3.05) is 7.05 Å². The molecule has 2 atom stereocenters. The molecule has 0 amide bonds. The largest absolute Gasteiger partial charge is 0.490 e. The number of benzene rings is 1. The van der Waals surface area contributed by atoms with Gasteiger partial charge in [0.2, 0.25) is 0 Å². The van der Waals surface area contributed by atoms with Crippen molar-refractivity contribution >= 4 is 0 Å². The van der Waals surface area contributed by atoms with Gasteiger partial charge in [0.1, 0.15) is 11.9 Å². The average Bonchev–Trinajstić information content (AvgIpc) is 2.27. The van der Waals surface area contributed by atoms with Crippen LogP contribution in [0.4, 0.5) is 0 Å². The highest BCUT2D eigenvalue weighted by molar-refractivity contribution is 5.37. The highest BCUT2D eigenvalue weighted by Gasteiger charge is 2.27. The minimum absolute atomic E-state index is 0.354. The molecule has 0 fully saturated rings. The van der Waals surface area contributed by atoms with Crippen LogP contribution in [0.5, 0.6) is 5.75 Å². The zero-order chi connectivity index (χ0) is 11.5. The summed E-state index contributed by atoms with van der Waals surface area (Å²) in [5.74, 6) is 1.74. The van der Waals surface area contributed by atoms with Crippen LogP contribution in [-0.2, 0) is 0 Å². The summed E-state index contributed by atoms with van der Waals surface area (Å²) in [6, 6.07) is 8.79. The number of ether oxygens (including phenoxy) is 1. The summed E-state index contributed by atoms with van der Waals surface area (Å²) in [6.07, 6.45) is 2.56. The summed E-state index contributed by atoms with van der Waals surface area (Å²) in [5.41, 5.74) is 1.30. The van der Waals surface area contributed by atoms with E-state index >= 15 is 0 Å². The smallest absolute Gasteiger partial charge is 0.124 e. The lowest BCUT2D eigenvalue weighted by Crippen LogP contribution is -2.32. The maximum atomic E-state index is 6.03. The predicted octanol–water partition coefficient (Wildman–Crippen LogP) is 3.14. The molecule has 1 aliphatic rings. The minimum Gasteiger partial charge on any atom is -0.490 e. The Morgan fingerprint density at radius 2 is 2.12 bits per heavy atom. The molecule has 2 rings (SSSR count). The van der Waals surface area contributed by atoms with E-state index in [2.05, 4.69) is 37.4 Å². The molecule has 2 nitrogen and oxygen atoms in total. The van der Waals surface area contributed by atoms with Crippen LogP contribution in [0.3, 0.4) is 0 Å². The molecule has 1 heterocycles. The number of fused-ring (bicyclic) bond motifs is 1. The van der Waals surface area contributed by atoms with Crippen LogP contribution in [0.1, 0.15) is 38.3 Å². The summed E-state index contributed by atoms with van der Waals surface area (Å²) >= 11 is 0. The first kappa shape index (κ1) is 11.5. The number of para-hydroxylation sites is 1. The van der Waals surface area contributed by atoms with E-state index in [1.54, 1.807) is 0 Å². The zero-order valence-electron chi connectivity index (χ0n) is 10.4. The van der Waals surface area contributed by atoms with Gasteiger partial charge in [-0.25, -0.2) is 0 Å². The molecule has 1 aliphatic heterocycles. The van der Waals surface area contributed by atoms with Gasteiger partial charge >= 0.3 is 0 Å². The zero-order valence-corrected chi connectivity index (χ0v) is 10.4. The van der Waals surface area contributed by atoms with Gasteiger partial charge in [0.25, 0.3) is 0 Å².